The largest absolute Gasteiger partial charge is 0.466 e. The number of nitrogens with one attached hydrogen (secondary N) is 3. The first-order valence-electron chi connectivity index (χ1n) is 10.5. The van der Waals surface area contributed by atoms with E-state index in [1.165, 1.54) is 7.11 Å². The van der Waals surface area contributed by atoms with Crippen molar-refractivity contribution in [2.45, 2.75) is 19.8 Å². The zero-order valence-electron chi connectivity index (χ0n) is 19.2. The number of dihydropyridines is 1. The number of hydrogen-bond donors (Lipinski definition) is 3. The van der Waals surface area contributed by atoms with E-state index in [9.17, 15) is 14.4 Å². The molecule has 1 aromatic carbocycles. The Kier molecular flexibility index (Phi) is 10.4. The Hall–Kier alpha value is -2.88. The fourth-order valence-electron chi connectivity index (χ4n) is 3.47. The molecule has 2 rings (SSSR count). The number of likely N-dealkylation sites (N-methyl/N-ethyl adjacent to an activating group) is 1. The van der Waals surface area contributed by atoms with Crippen molar-refractivity contribution in [3.05, 3.63) is 57.4 Å². The zero-order chi connectivity index (χ0) is 24.4. The highest BCUT2D eigenvalue weighted by molar-refractivity contribution is 6.31. The van der Waals surface area contributed by atoms with Crippen LogP contribution in [-0.4, -0.2) is 64.9 Å². The maximum Gasteiger partial charge on any atom is 0.336 e. The van der Waals surface area contributed by atoms with Gasteiger partial charge in [-0.25, -0.2) is 9.59 Å². The van der Waals surface area contributed by atoms with Crippen molar-refractivity contribution in [2.75, 3.05) is 47.1 Å². The number of benzene rings is 1. The summed E-state index contributed by atoms with van der Waals surface area (Å²) in [7, 11) is 2.84. The summed E-state index contributed by atoms with van der Waals surface area (Å²) >= 11 is 6.47. The second-order valence-electron chi connectivity index (χ2n) is 7.13. The molecule has 0 fully saturated rings. The minimum atomic E-state index is -0.795. The number of amides is 1. The molecule has 1 aliphatic heterocycles. The summed E-state index contributed by atoms with van der Waals surface area (Å²) in [5.41, 5.74) is 2.07. The number of ether oxygens (including phenoxy) is 3. The molecule has 1 aromatic rings. The number of hydrogen-bond acceptors (Lipinski definition) is 8. The second-order valence-corrected chi connectivity index (χ2v) is 7.53. The molecule has 3 N–H and O–H groups in total. The molecule has 1 amide bonds. The molecule has 0 radical (unpaired) electrons. The smallest absolute Gasteiger partial charge is 0.336 e. The molecule has 0 saturated carbocycles. The third-order valence-corrected chi connectivity index (χ3v) is 5.34. The monoisotopic (exact) mass is 479 g/mol. The van der Waals surface area contributed by atoms with Crippen molar-refractivity contribution >= 4 is 29.4 Å². The molecule has 10 heteroatoms. The molecule has 1 heterocycles. The first kappa shape index (κ1) is 26.4. The van der Waals surface area contributed by atoms with Gasteiger partial charge in [0, 0.05) is 24.3 Å². The van der Waals surface area contributed by atoms with E-state index in [2.05, 4.69) is 16.0 Å². The standard InChI is InChI=1S/C23H30ClN3O6/c1-5-33-23(30)21-17(13-32-11-10-26-12-18(28)25-3)27-14(2)19(22(29)31-4)20(21)15-8-6-7-9-16(15)24/h6-9,20,26-27H,5,10-13H2,1-4H3,(H,25,28). The number of carbonyl (C=O) groups excluding carboxylic acids is 3. The van der Waals surface area contributed by atoms with Crippen LogP contribution in [0.2, 0.25) is 5.02 Å². The van der Waals surface area contributed by atoms with Crippen LogP contribution >= 0.6 is 11.6 Å². The molecular formula is C23H30ClN3O6. The summed E-state index contributed by atoms with van der Waals surface area (Å²) in [4.78, 5) is 37.0. The minimum Gasteiger partial charge on any atom is -0.466 e. The fraction of sp³-hybridized carbons (Fsp3) is 0.435. The van der Waals surface area contributed by atoms with Gasteiger partial charge in [-0.15, -0.1) is 0 Å². The van der Waals surface area contributed by atoms with E-state index in [0.29, 0.717) is 35.1 Å². The predicted octanol–water partition coefficient (Wildman–Crippen LogP) is 1.64. The van der Waals surface area contributed by atoms with E-state index < -0.39 is 17.9 Å². The van der Waals surface area contributed by atoms with Gasteiger partial charge in [0.05, 0.1) is 56.2 Å². The molecular weight excluding hydrogens is 450 g/mol. The summed E-state index contributed by atoms with van der Waals surface area (Å²) in [6, 6.07) is 7.00. The van der Waals surface area contributed by atoms with Gasteiger partial charge in [-0.05, 0) is 25.5 Å². The SMILES string of the molecule is CCOC(=O)C1=C(COCCNCC(=O)NC)NC(C)=C(C(=O)OC)C1c1ccccc1Cl. The molecule has 0 spiro atoms. The van der Waals surface area contributed by atoms with Crippen molar-refractivity contribution in [1.82, 2.24) is 16.0 Å². The van der Waals surface area contributed by atoms with Gasteiger partial charge < -0.3 is 30.2 Å². The fourth-order valence-corrected chi connectivity index (χ4v) is 3.71. The molecule has 1 aliphatic rings. The van der Waals surface area contributed by atoms with Crippen LogP contribution in [0.5, 0.6) is 0 Å². The van der Waals surface area contributed by atoms with Crippen LogP contribution in [0, 0.1) is 0 Å². The third-order valence-electron chi connectivity index (χ3n) is 5.00. The van der Waals surface area contributed by atoms with E-state index in [0.717, 1.165) is 0 Å². The molecule has 1 atom stereocenters. The van der Waals surface area contributed by atoms with Crippen molar-refractivity contribution in [3.8, 4) is 0 Å². The highest BCUT2D eigenvalue weighted by Gasteiger charge is 2.39. The van der Waals surface area contributed by atoms with Gasteiger partial charge in [0.2, 0.25) is 5.91 Å². The first-order valence-corrected chi connectivity index (χ1v) is 10.9. The molecule has 0 bridgehead atoms. The summed E-state index contributed by atoms with van der Waals surface area (Å²) in [6.45, 7) is 4.55. The number of halogens is 1. The number of esters is 2. The zero-order valence-corrected chi connectivity index (χ0v) is 20.0. The molecule has 33 heavy (non-hydrogen) atoms. The lowest BCUT2D eigenvalue weighted by atomic mass is 9.80. The van der Waals surface area contributed by atoms with Gasteiger partial charge in [0.25, 0.3) is 0 Å². The average molecular weight is 480 g/mol. The summed E-state index contributed by atoms with van der Waals surface area (Å²) in [5.74, 6) is -2.09. The van der Waals surface area contributed by atoms with Crippen LogP contribution in [0.15, 0.2) is 46.8 Å². The van der Waals surface area contributed by atoms with Gasteiger partial charge in [0.1, 0.15) is 0 Å². The van der Waals surface area contributed by atoms with E-state index >= 15 is 0 Å². The number of carbonyl (C=O) groups is 3. The topological polar surface area (TPSA) is 115 Å². The summed E-state index contributed by atoms with van der Waals surface area (Å²) in [6.07, 6.45) is 0. The minimum absolute atomic E-state index is 0.0581. The highest BCUT2D eigenvalue weighted by atomic mass is 35.5. The Morgan fingerprint density at radius 3 is 2.52 bits per heavy atom. The Bertz CT molecular complexity index is 944. The maximum absolute atomic E-state index is 13.1. The normalized spacial score (nSPS) is 15.7. The van der Waals surface area contributed by atoms with Crippen LogP contribution in [0.3, 0.4) is 0 Å². The van der Waals surface area contributed by atoms with Crippen LogP contribution < -0.4 is 16.0 Å². The molecule has 0 aliphatic carbocycles. The van der Waals surface area contributed by atoms with Crippen LogP contribution in [0.25, 0.3) is 0 Å². The van der Waals surface area contributed by atoms with E-state index in [1.54, 1.807) is 45.2 Å². The van der Waals surface area contributed by atoms with Gasteiger partial charge in [-0.2, -0.15) is 0 Å². The lowest BCUT2D eigenvalue weighted by Crippen LogP contribution is -2.35. The van der Waals surface area contributed by atoms with Crippen LogP contribution in [-0.2, 0) is 28.6 Å². The molecule has 9 nitrogen and oxygen atoms in total. The molecule has 0 aromatic heterocycles. The van der Waals surface area contributed by atoms with Gasteiger partial charge in [-0.1, -0.05) is 29.8 Å². The Morgan fingerprint density at radius 2 is 1.88 bits per heavy atom. The van der Waals surface area contributed by atoms with Gasteiger partial charge in [0.15, 0.2) is 0 Å². The van der Waals surface area contributed by atoms with Crippen molar-refractivity contribution in [1.29, 1.82) is 0 Å². The second kappa shape index (κ2) is 13.0. The van der Waals surface area contributed by atoms with Crippen molar-refractivity contribution < 1.29 is 28.6 Å². The third kappa shape index (κ3) is 6.80. The number of rotatable bonds is 11. The lowest BCUT2D eigenvalue weighted by Gasteiger charge is -2.31. The van der Waals surface area contributed by atoms with E-state index in [4.69, 9.17) is 25.8 Å². The Morgan fingerprint density at radius 1 is 1.15 bits per heavy atom. The van der Waals surface area contributed by atoms with Crippen LogP contribution in [0.1, 0.15) is 25.3 Å². The van der Waals surface area contributed by atoms with Gasteiger partial charge in [-0.3, -0.25) is 4.79 Å². The van der Waals surface area contributed by atoms with Crippen LogP contribution in [0.4, 0.5) is 0 Å². The predicted molar refractivity (Wildman–Crippen MR) is 123 cm³/mol. The number of allylic oxidation sites excluding steroid dienone is 1. The lowest BCUT2D eigenvalue weighted by molar-refractivity contribution is -0.139. The van der Waals surface area contributed by atoms with Crippen molar-refractivity contribution in [3.63, 3.8) is 0 Å². The van der Waals surface area contributed by atoms with Crippen molar-refractivity contribution in [2.24, 2.45) is 0 Å². The Labute approximate surface area is 198 Å². The molecule has 180 valence electrons. The molecule has 0 saturated heterocycles. The summed E-state index contributed by atoms with van der Waals surface area (Å²) in [5, 5.41) is 8.99. The maximum atomic E-state index is 13.1. The van der Waals surface area contributed by atoms with E-state index in [1.807, 2.05) is 0 Å². The number of methoxy groups -OCH3 is 1. The average Bonchev–Trinajstić information content (AvgIpc) is 2.80. The summed E-state index contributed by atoms with van der Waals surface area (Å²) < 4.78 is 16.1. The first-order chi connectivity index (χ1) is 15.8. The van der Waals surface area contributed by atoms with Gasteiger partial charge >= 0.3 is 11.9 Å². The molecule has 1 unspecified atom stereocenters. The quantitative estimate of drug-likeness (QED) is 0.324. The Balaban J connectivity index is 2.38. The van der Waals surface area contributed by atoms with E-state index in [-0.39, 0.29) is 36.8 Å². The highest BCUT2D eigenvalue weighted by Crippen LogP contribution is 2.41.